The first-order chi connectivity index (χ1) is 16.6. The number of nitrogens with zero attached hydrogens (tertiary/aromatic N) is 2. The second-order valence-corrected chi connectivity index (χ2v) is 10.9. The van der Waals surface area contributed by atoms with Crippen LogP contribution in [0.15, 0.2) is 36.1 Å². The van der Waals surface area contributed by atoms with Crippen LogP contribution in [0.25, 0.3) is 0 Å². The molecule has 0 spiro atoms. The van der Waals surface area contributed by atoms with Crippen molar-refractivity contribution in [3.63, 3.8) is 0 Å². The smallest absolute Gasteiger partial charge is 0.288 e. The summed E-state index contributed by atoms with van der Waals surface area (Å²) in [5.41, 5.74) is 1.16. The fraction of sp³-hybridized carbons (Fsp3) is 0.667. The van der Waals surface area contributed by atoms with Crippen molar-refractivity contribution >= 4 is 28.5 Å². The maximum Gasteiger partial charge on any atom is 0.288 e. The van der Waals surface area contributed by atoms with Crippen LogP contribution in [-0.2, 0) is 14.3 Å². The Balaban J connectivity index is 1.51. The van der Waals surface area contributed by atoms with E-state index in [1.807, 2.05) is 17.9 Å². The molecular formula is C27H39IN2O4. The molecule has 7 heteroatoms. The highest BCUT2D eigenvalue weighted by molar-refractivity contribution is 14.1. The minimum absolute atomic E-state index is 0.0127. The molecule has 3 aliphatic rings. The summed E-state index contributed by atoms with van der Waals surface area (Å²) in [5, 5.41) is 9.47. The molecule has 1 aromatic carbocycles. The number of hydrogen-bond donors (Lipinski definition) is 1. The van der Waals surface area contributed by atoms with E-state index in [9.17, 15) is 9.90 Å². The molecule has 1 N–H and O–H groups in total. The maximum absolute atomic E-state index is 13.6. The zero-order chi connectivity index (χ0) is 23.9. The van der Waals surface area contributed by atoms with Gasteiger partial charge in [0.2, 0.25) is 6.29 Å². The summed E-state index contributed by atoms with van der Waals surface area (Å²) in [5.74, 6) is 0.462. The fourth-order valence-corrected chi connectivity index (χ4v) is 6.06. The van der Waals surface area contributed by atoms with Gasteiger partial charge in [-0.05, 0) is 105 Å². The van der Waals surface area contributed by atoms with Gasteiger partial charge in [0.15, 0.2) is 5.76 Å². The number of ether oxygens (including phenoxy) is 2. The van der Waals surface area contributed by atoms with Crippen LogP contribution in [0.3, 0.4) is 0 Å². The zero-order valence-corrected chi connectivity index (χ0v) is 22.5. The largest absolute Gasteiger partial charge is 0.459 e. The lowest BCUT2D eigenvalue weighted by Gasteiger charge is -2.41. The molecule has 0 radical (unpaired) electrons. The Bertz CT molecular complexity index is 816. The Labute approximate surface area is 217 Å². The van der Waals surface area contributed by atoms with E-state index in [0.29, 0.717) is 24.8 Å². The van der Waals surface area contributed by atoms with Gasteiger partial charge in [-0.1, -0.05) is 18.6 Å². The number of rotatable bonds is 8. The van der Waals surface area contributed by atoms with E-state index in [0.717, 1.165) is 37.9 Å². The van der Waals surface area contributed by atoms with Crippen LogP contribution in [0, 0.1) is 9.49 Å². The van der Waals surface area contributed by atoms with Crippen molar-refractivity contribution in [3.05, 3.63) is 45.2 Å². The molecule has 0 unspecified atom stereocenters. The summed E-state index contributed by atoms with van der Waals surface area (Å²) in [4.78, 5) is 18.2. The third-order valence-electron chi connectivity index (χ3n) is 7.54. The minimum Gasteiger partial charge on any atom is -0.459 e. The number of amides is 1. The van der Waals surface area contributed by atoms with Gasteiger partial charge >= 0.3 is 0 Å². The highest BCUT2D eigenvalue weighted by Crippen LogP contribution is 2.40. The number of aliphatic hydroxyl groups is 1. The molecule has 4 rings (SSSR count). The Morgan fingerprint density at radius 3 is 2.47 bits per heavy atom. The van der Waals surface area contributed by atoms with E-state index in [2.05, 4.69) is 51.8 Å². The molecule has 188 valence electrons. The average molecular weight is 583 g/mol. The molecule has 0 bridgehead atoms. The van der Waals surface area contributed by atoms with Crippen molar-refractivity contribution in [1.29, 1.82) is 0 Å². The van der Waals surface area contributed by atoms with Crippen LogP contribution in [-0.4, -0.2) is 72.5 Å². The number of likely N-dealkylation sites (tertiary alicyclic amines) is 2. The molecule has 1 aromatic rings. The van der Waals surface area contributed by atoms with Gasteiger partial charge in [0.1, 0.15) is 0 Å². The van der Waals surface area contributed by atoms with Crippen molar-refractivity contribution in [2.45, 2.75) is 70.1 Å². The van der Waals surface area contributed by atoms with E-state index in [1.54, 1.807) is 0 Å². The molecule has 0 aliphatic carbocycles. The van der Waals surface area contributed by atoms with Gasteiger partial charge < -0.3 is 24.4 Å². The van der Waals surface area contributed by atoms with Crippen molar-refractivity contribution in [1.82, 2.24) is 9.80 Å². The van der Waals surface area contributed by atoms with E-state index in [1.165, 1.54) is 35.9 Å². The standard InChI is InChI=1S/C27H39IN2O4/c1-2-33-27-23(7-6-18-31)24(20-8-10-21(28)11-9-20)19-25(34-27)26(32)30-16-12-22(13-17-30)29-14-4-3-5-15-29/h8-11,19,22-24,27,31H,2-7,12-18H2,1H3/t23-,24+,27+/m0/s1. The lowest BCUT2D eigenvalue weighted by Crippen LogP contribution is -2.49. The third-order valence-corrected chi connectivity index (χ3v) is 8.26. The number of aliphatic hydroxyl groups excluding tert-OH is 1. The van der Waals surface area contributed by atoms with Gasteiger partial charge in [-0.3, -0.25) is 4.79 Å². The Morgan fingerprint density at radius 1 is 1.12 bits per heavy atom. The number of piperidine rings is 2. The lowest BCUT2D eigenvalue weighted by atomic mass is 9.80. The molecule has 3 atom stereocenters. The van der Waals surface area contributed by atoms with Gasteiger partial charge in [-0.25, -0.2) is 0 Å². The number of hydrogen-bond acceptors (Lipinski definition) is 5. The third kappa shape index (κ3) is 6.33. The number of carbonyl (C=O) groups excluding carboxylic acids is 1. The lowest BCUT2D eigenvalue weighted by molar-refractivity contribution is -0.171. The quantitative estimate of drug-likeness (QED) is 0.457. The molecule has 1 amide bonds. The van der Waals surface area contributed by atoms with Crippen LogP contribution >= 0.6 is 22.6 Å². The molecule has 0 aromatic heterocycles. The molecule has 2 fully saturated rings. The summed E-state index contributed by atoms with van der Waals surface area (Å²) in [6.07, 6.45) is 9.00. The van der Waals surface area contributed by atoms with Gasteiger partial charge in [-0.15, -0.1) is 0 Å². The summed E-state index contributed by atoms with van der Waals surface area (Å²) in [7, 11) is 0. The predicted octanol–water partition coefficient (Wildman–Crippen LogP) is 4.52. The number of benzene rings is 1. The van der Waals surface area contributed by atoms with Crippen molar-refractivity contribution in [2.24, 2.45) is 5.92 Å². The number of carbonyl (C=O) groups is 1. The summed E-state index contributed by atoms with van der Waals surface area (Å²) < 4.78 is 13.4. The summed E-state index contributed by atoms with van der Waals surface area (Å²) >= 11 is 2.31. The van der Waals surface area contributed by atoms with Crippen LogP contribution in [0.1, 0.15) is 63.4 Å². The maximum atomic E-state index is 13.6. The number of halogens is 1. The normalized spacial score (nSPS) is 26.7. The van der Waals surface area contributed by atoms with Crippen LogP contribution in [0.2, 0.25) is 0 Å². The fourth-order valence-electron chi connectivity index (χ4n) is 5.70. The summed E-state index contributed by atoms with van der Waals surface area (Å²) in [6, 6.07) is 9.07. The minimum atomic E-state index is -0.490. The van der Waals surface area contributed by atoms with Crippen LogP contribution in [0.4, 0.5) is 0 Å². The first-order valence-electron chi connectivity index (χ1n) is 13.0. The second-order valence-electron chi connectivity index (χ2n) is 9.70. The van der Waals surface area contributed by atoms with Crippen molar-refractivity contribution in [3.8, 4) is 0 Å². The van der Waals surface area contributed by atoms with E-state index in [4.69, 9.17) is 9.47 Å². The molecule has 2 saturated heterocycles. The Morgan fingerprint density at radius 2 is 1.82 bits per heavy atom. The van der Waals surface area contributed by atoms with Crippen molar-refractivity contribution < 1.29 is 19.4 Å². The van der Waals surface area contributed by atoms with Gasteiger partial charge in [0.25, 0.3) is 5.91 Å². The van der Waals surface area contributed by atoms with E-state index >= 15 is 0 Å². The first-order valence-corrected chi connectivity index (χ1v) is 14.1. The van der Waals surface area contributed by atoms with E-state index < -0.39 is 6.29 Å². The molecule has 6 nitrogen and oxygen atoms in total. The monoisotopic (exact) mass is 582 g/mol. The highest BCUT2D eigenvalue weighted by Gasteiger charge is 2.39. The molecule has 3 aliphatic heterocycles. The predicted molar refractivity (Wildman–Crippen MR) is 141 cm³/mol. The SMILES string of the molecule is CCO[C@@H]1OC(C(=O)N2CCC(N3CCCCC3)CC2)=C[C@H](c2ccc(I)cc2)[C@@H]1CCCO. The van der Waals surface area contributed by atoms with Crippen LogP contribution < -0.4 is 0 Å². The zero-order valence-electron chi connectivity index (χ0n) is 20.3. The number of allylic oxidation sites excluding steroid dienone is 1. The van der Waals surface area contributed by atoms with Gasteiger partial charge in [0.05, 0.1) is 0 Å². The first kappa shape index (κ1) is 25.9. The summed E-state index contributed by atoms with van der Waals surface area (Å²) in [6.45, 7) is 6.58. The molecule has 3 heterocycles. The van der Waals surface area contributed by atoms with Crippen LogP contribution in [0.5, 0.6) is 0 Å². The Hall–Kier alpha value is -1.16. The highest BCUT2D eigenvalue weighted by atomic mass is 127. The van der Waals surface area contributed by atoms with Gasteiger partial charge in [-0.2, -0.15) is 0 Å². The average Bonchev–Trinajstić information content (AvgIpc) is 2.88. The Kier molecular flexibility index (Phi) is 9.68. The van der Waals surface area contributed by atoms with Gasteiger partial charge in [0, 0.05) is 47.8 Å². The van der Waals surface area contributed by atoms with Crippen molar-refractivity contribution in [2.75, 3.05) is 39.4 Å². The molecule has 0 saturated carbocycles. The topological polar surface area (TPSA) is 62.2 Å². The second kappa shape index (κ2) is 12.7. The molecular weight excluding hydrogens is 543 g/mol. The van der Waals surface area contributed by atoms with E-state index in [-0.39, 0.29) is 24.3 Å². The molecule has 34 heavy (non-hydrogen) atoms.